The number of benzene rings is 1. The van der Waals surface area contributed by atoms with Crippen LogP contribution in [0.25, 0.3) is 5.69 Å². The van der Waals surface area contributed by atoms with E-state index in [1.54, 1.807) is 23.9 Å². The number of hydrogen-bond acceptors (Lipinski definition) is 3. The van der Waals surface area contributed by atoms with Crippen molar-refractivity contribution in [2.24, 2.45) is 5.73 Å². The van der Waals surface area contributed by atoms with Crippen LogP contribution in [0.1, 0.15) is 5.69 Å². The lowest BCUT2D eigenvalue weighted by atomic mass is 10.3. The van der Waals surface area contributed by atoms with E-state index in [1.165, 1.54) is 0 Å². The molecule has 0 spiro atoms. The Bertz CT molecular complexity index is 496. The van der Waals surface area contributed by atoms with Crippen LogP contribution in [-0.2, 0) is 6.54 Å². The molecule has 1 heterocycles. The molecule has 2 N–H and O–H groups in total. The molecule has 0 atom stereocenters. The number of hydrogen-bond donors (Lipinski definition) is 1. The van der Waals surface area contributed by atoms with Crippen molar-refractivity contribution in [3.8, 4) is 11.4 Å². The maximum Gasteiger partial charge on any atom is 0.121 e. The van der Waals surface area contributed by atoms with Gasteiger partial charge in [0.25, 0.3) is 0 Å². The lowest BCUT2D eigenvalue weighted by Crippen LogP contribution is -2.01. The first-order chi connectivity index (χ1) is 7.74. The summed E-state index contributed by atoms with van der Waals surface area (Å²) in [6.45, 7) is 0.411. The standard InChI is InChI=1S/C11H12ClN3O/c1-16-9-2-3-10(12)11(6-9)15-5-4-8(7-13)14-15/h2-6H,7,13H2,1H3. The minimum absolute atomic E-state index is 0.411. The highest BCUT2D eigenvalue weighted by Crippen LogP contribution is 2.24. The summed E-state index contributed by atoms with van der Waals surface area (Å²) in [6.07, 6.45) is 1.82. The van der Waals surface area contributed by atoms with E-state index >= 15 is 0 Å². The maximum absolute atomic E-state index is 6.09. The zero-order chi connectivity index (χ0) is 11.5. The van der Waals surface area contributed by atoms with Crippen LogP contribution in [0.5, 0.6) is 5.75 Å². The van der Waals surface area contributed by atoms with E-state index in [0.717, 1.165) is 17.1 Å². The zero-order valence-electron chi connectivity index (χ0n) is 8.85. The molecule has 0 saturated heterocycles. The quantitative estimate of drug-likeness (QED) is 0.888. The van der Waals surface area contributed by atoms with Gasteiger partial charge in [0.2, 0.25) is 0 Å². The molecule has 0 bridgehead atoms. The molecule has 0 unspecified atom stereocenters. The highest BCUT2D eigenvalue weighted by Gasteiger charge is 2.06. The molecule has 0 radical (unpaired) electrons. The number of ether oxygens (including phenoxy) is 1. The van der Waals surface area contributed by atoms with E-state index < -0.39 is 0 Å². The fourth-order valence-corrected chi connectivity index (χ4v) is 1.60. The Balaban J connectivity index is 2.45. The topological polar surface area (TPSA) is 53.1 Å². The highest BCUT2D eigenvalue weighted by atomic mass is 35.5. The lowest BCUT2D eigenvalue weighted by molar-refractivity contribution is 0.414. The Kier molecular flexibility index (Phi) is 3.12. The maximum atomic E-state index is 6.09. The Labute approximate surface area is 98.6 Å². The summed E-state index contributed by atoms with van der Waals surface area (Å²) in [4.78, 5) is 0. The Morgan fingerprint density at radius 3 is 2.88 bits per heavy atom. The largest absolute Gasteiger partial charge is 0.497 e. The molecule has 0 aliphatic rings. The zero-order valence-corrected chi connectivity index (χ0v) is 9.61. The van der Waals surface area contributed by atoms with E-state index in [2.05, 4.69) is 5.10 Å². The number of nitrogens with zero attached hydrogens (tertiary/aromatic N) is 2. The second-order valence-corrected chi connectivity index (χ2v) is 3.68. The van der Waals surface area contributed by atoms with Gasteiger partial charge in [0.05, 0.1) is 23.5 Å². The fraction of sp³-hybridized carbons (Fsp3) is 0.182. The summed E-state index contributed by atoms with van der Waals surface area (Å²) in [5, 5.41) is 4.90. The normalized spacial score (nSPS) is 10.4. The molecular formula is C11H12ClN3O. The second kappa shape index (κ2) is 4.55. The van der Waals surface area contributed by atoms with E-state index in [-0.39, 0.29) is 0 Å². The number of aromatic nitrogens is 2. The van der Waals surface area contributed by atoms with Crippen LogP contribution in [0.2, 0.25) is 5.02 Å². The van der Waals surface area contributed by atoms with Gasteiger partial charge in [0.15, 0.2) is 0 Å². The third-order valence-electron chi connectivity index (χ3n) is 2.25. The SMILES string of the molecule is COc1ccc(Cl)c(-n2ccc(CN)n2)c1. The van der Waals surface area contributed by atoms with Crippen LogP contribution in [0.4, 0.5) is 0 Å². The summed E-state index contributed by atoms with van der Waals surface area (Å²) in [5.74, 6) is 0.740. The Hall–Kier alpha value is -1.52. The van der Waals surface area contributed by atoms with Gasteiger partial charge < -0.3 is 10.5 Å². The molecule has 2 rings (SSSR count). The molecule has 2 aromatic rings. The minimum atomic E-state index is 0.411. The van der Waals surface area contributed by atoms with Crippen LogP contribution in [-0.4, -0.2) is 16.9 Å². The summed E-state index contributed by atoms with van der Waals surface area (Å²) in [7, 11) is 1.61. The van der Waals surface area contributed by atoms with Gasteiger partial charge in [0, 0.05) is 18.8 Å². The molecule has 0 aliphatic carbocycles. The highest BCUT2D eigenvalue weighted by molar-refractivity contribution is 6.32. The van der Waals surface area contributed by atoms with Gasteiger partial charge in [-0.15, -0.1) is 0 Å². The molecule has 0 fully saturated rings. The molecule has 5 heteroatoms. The van der Waals surface area contributed by atoms with Gasteiger partial charge in [-0.2, -0.15) is 5.10 Å². The Morgan fingerprint density at radius 1 is 1.44 bits per heavy atom. The summed E-state index contributed by atoms with van der Waals surface area (Å²) >= 11 is 6.09. The summed E-state index contributed by atoms with van der Waals surface area (Å²) in [5.41, 5.74) is 7.10. The molecule has 84 valence electrons. The second-order valence-electron chi connectivity index (χ2n) is 3.27. The molecule has 0 amide bonds. The van der Waals surface area contributed by atoms with Gasteiger partial charge in [-0.05, 0) is 18.2 Å². The summed E-state index contributed by atoms with van der Waals surface area (Å²) < 4.78 is 6.83. The van der Waals surface area contributed by atoms with Crippen molar-refractivity contribution >= 4 is 11.6 Å². The number of halogens is 1. The van der Waals surface area contributed by atoms with Crippen molar-refractivity contribution in [2.45, 2.75) is 6.54 Å². The third-order valence-corrected chi connectivity index (χ3v) is 2.57. The number of nitrogens with two attached hydrogens (primary N) is 1. The average Bonchev–Trinajstić information content (AvgIpc) is 2.78. The van der Waals surface area contributed by atoms with Gasteiger partial charge in [-0.25, -0.2) is 4.68 Å². The Morgan fingerprint density at radius 2 is 2.25 bits per heavy atom. The van der Waals surface area contributed by atoms with Gasteiger partial charge >= 0.3 is 0 Å². The average molecular weight is 238 g/mol. The summed E-state index contributed by atoms with van der Waals surface area (Å²) in [6, 6.07) is 7.27. The number of methoxy groups -OCH3 is 1. The molecular weight excluding hydrogens is 226 g/mol. The molecule has 1 aromatic heterocycles. The first-order valence-electron chi connectivity index (χ1n) is 4.83. The van der Waals surface area contributed by atoms with Crippen LogP contribution in [0.3, 0.4) is 0 Å². The molecule has 0 saturated carbocycles. The van der Waals surface area contributed by atoms with Crippen LogP contribution >= 0.6 is 11.6 Å². The lowest BCUT2D eigenvalue weighted by Gasteiger charge is -2.06. The predicted octanol–water partition coefficient (Wildman–Crippen LogP) is 1.99. The van der Waals surface area contributed by atoms with E-state index in [0.29, 0.717) is 11.6 Å². The van der Waals surface area contributed by atoms with Crippen molar-refractivity contribution in [2.75, 3.05) is 7.11 Å². The van der Waals surface area contributed by atoms with Crippen LogP contribution in [0, 0.1) is 0 Å². The molecule has 1 aromatic carbocycles. The van der Waals surface area contributed by atoms with E-state index in [1.807, 2.05) is 18.3 Å². The van der Waals surface area contributed by atoms with Gasteiger partial charge in [0.1, 0.15) is 5.75 Å². The first-order valence-corrected chi connectivity index (χ1v) is 5.21. The van der Waals surface area contributed by atoms with Crippen molar-refractivity contribution in [1.82, 2.24) is 9.78 Å². The van der Waals surface area contributed by atoms with Crippen LogP contribution in [0.15, 0.2) is 30.5 Å². The molecule has 4 nitrogen and oxygen atoms in total. The first kappa shape index (κ1) is 11.0. The van der Waals surface area contributed by atoms with Crippen molar-refractivity contribution in [3.05, 3.63) is 41.2 Å². The van der Waals surface area contributed by atoms with Crippen molar-refractivity contribution in [3.63, 3.8) is 0 Å². The van der Waals surface area contributed by atoms with Crippen molar-refractivity contribution in [1.29, 1.82) is 0 Å². The fourth-order valence-electron chi connectivity index (χ4n) is 1.40. The van der Waals surface area contributed by atoms with Gasteiger partial charge in [-0.1, -0.05) is 11.6 Å². The third kappa shape index (κ3) is 2.03. The van der Waals surface area contributed by atoms with Crippen LogP contribution < -0.4 is 10.5 Å². The van der Waals surface area contributed by atoms with E-state index in [9.17, 15) is 0 Å². The molecule has 16 heavy (non-hydrogen) atoms. The predicted molar refractivity (Wildman–Crippen MR) is 63.0 cm³/mol. The van der Waals surface area contributed by atoms with E-state index in [4.69, 9.17) is 22.1 Å². The minimum Gasteiger partial charge on any atom is -0.497 e. The molecule has 0 aliphatic heterocycles. The monoisotopic (exact) mass is 237 g/mol. The number of rotatable bonds is 3. The van der Waals surface area contributed by atoms with Gasteiger partial charge in [-0.3, -0.25) is 0 Å². The van der Waals surface area contributed by atoms with Crippen molar-refractivity contribution < 1.29 is 4.74 Å². The smallest absolute Gasteiger partial charge is 0.121 e.